The SMILES string of the molecule is CC(C)N1CCCN(C(=O)CCc2ccccc2)c2ccccc2CN(C(=O)CCC2CCCCC2)CC1. The Morgan fingerprint density at radius 1 is 0.789 bits per heavy atom. The predicted octanol–water partition coefficient (Wildman–Crippen LogP) is 6.46. The minimum atomic E-state index is 0.159. The Balaban J connectivity index is 1.53. The first kappa shape index (κ1) is 28.4. The zero-order valence-corrected chi connectivity index (χ0v) is 23.6. The van der Waals surface area contributed by atoms with Crippen LogP contribution < -0.4 is 4.90 Å². The van der Waals surface area contributed by atoms with Crippen LogP contribution in [0.15, 0.2) is 54.6 Å². The van der Waals surface area contributed by atoms with E-state index in [9.17, 15) is 9.59 Å². The third-order valence-electron chi connectivity index (χ3n) is 8.47. The summed E-state index contributed by atoms with van der Waals surface area (Å²) >= 11 is 0. The lowest BCUT2D eigenvalue weighted by atomic mass is 9.86. The zero-order valence-electron chi connectivity index (χ0n) is 23.6. The summed E-state index contributed by atoms with van der Waals surface area (Å²) in [6, 6.07) is 18.9. The van der Waals surface area contributed by atoms with E-state index in [4.69, 9.17) is 0 Å². The van der Waals surface area contributed by atoms with E-state index < -0.39 is 0 Å². The molecule has 2 aromatic carbocycles. The van der Waals surface area contributed by atoms with Crippen LogP contribution in [0, 0.1) is 5.92 Å². The van der Waals surface area contributed by atoms with Gasteiger partial charge in [0.25, 0.3) is 0 Å². The lowest BCUT2D eigenvalue weighted by Crippen LogP contribution is -2.41. The first-order valence-corrected chi connectivity index (χ1v) is 15.0. The predicted molar refractivity (Wildman–Crippen MR) is 156 cm³/mol. The van der Waals surface area contributed by atoms with Gasteiger partial charge in [-0.1, -0.05) is 80.6 Å². The lowest BCUT2D eigenvalue weighted by molar-refractivity contribution is -0.132. The molecule has 0 radical (unpaired) electrons. The molecular weight excluding hydrogens is 470 g/mol. The molecule has 2 aromatic rings. The monoisotopic (exact) mass is 517 g/mol. The largest absolute Gasteiger partial charge is 0.337 e. The highest BCUT2D eigenvalue weighted by Gasteiger charge is 2.25. The normalized spacial score (nSPS) is 18.2. The van der Waals surface area contributed by atoms with E-state index in [2.05, 4.69) is 47.9 Å². The summed E-state index contributed by atoms with van der Waals surface area (Å²) in [4.78, 5) is 33.7. The average Bonchev–Trinajstić information content (AvgIpc) is 2.98. The Hall–Kier alpha value is -2.66. The molecule has 1 aliphatic carbocycles. The van der Waals surface area contributed by atoms with E-state index in [0.717, 1.165) is 50.1 Å². The van der Waals surface area contributed by atoms with Gasteiger partial charge in [0.05, 0.1) is 0 Å². The number of amides is 2. The van der Waals surface area contributed by atoms with Gasteiger partial charge >= 0.3 is 0 Å². The van der Waals surface area contributed by atoms with Crippen LogP contribution in [0.4, 0.5) is 5.69 Å². The van der Waals surface area contributed by atoms with Gasteiger partial charge in [-0.05, 0) is 56.2 Å². The number of fused-ring (bicyclic) bond motifs is 1. The number of nitrogens with zero attached hydrogens (tertiary/aromatic N) is 3. The Labute approximate surface area is 230 Å². The summed E-state index contributed by atoms with van der Waals surface area (Å²) in [5.74, 6) is 1.12. The van der Waals surface area contributed by atoms with Gasteiger partial charge in [0, 0.05) is 57.3 Å². The van der Waals surface area contributed by atoms with Crippen LogP contribution in [0.2, 0.25) is 0 Å². The fourth-order valence-corrected chi connectivity index (χ4v) is 6.09. The van der Waals surface area contributed by atoms with E-state index >= 15 is 0 Å². The summed E-state index contributed by atoms with van der Waals surface area (Å²) < 4.78 is 0. The minimum Gasteiger partial charge on any atom is -0.337 e. The molecular formula is C33H47N3O2. The highest BCUT2D eigenvalue weighted by atomic mass is 16.2. The summed E-state index contributed by atoms with van der Waals surface area (Å²) in [7, 11) is 0. The average molecular weight is 518 g/mol. The Kier molecular flexibility index (Phi) is 10.8. The number of anilines is 1. The Bertz CT molecular complexity index is 1020. The highest BCUT2D eigenvalue weighted by molar-refractivity contribution is 5.94. The van der Waals surface area contributed by atoms with Crippen molar-refractivity contribution in [3.8, 4) is 0 Å². The smallest absolute Gasteiger partial charge is 0.227 e. The third-order valence-corrected chi connectivity index (χ3v) is 8.47. The maximum atomic E-state index is 13.6. The molecule has 5 heteroatoms. The maximum absolute atomic E-state index is 13.6. The van der Waals surface area contributed by atoms with Gasteiger partial charge in [-0.15, -0.1) is 0 Å². The van der Waals surface area contributed by atoms with Crippen LogP contribution in [0.5, 0.6) is 0 Å². The summed E-state index contributed by atoms with van der Waals surface area (Å²) in [6.45, 7) is 8.25. The van der Waals surface area contributed by atoms with Crippen molar-refractivity contribution < 1.29 is 9.59 Å². The highest BCUT2D eigenvalue weighted by Crippen LogP contribution is 2.29. The number of rotatable bonds is 7. The topological polar surface area (TPSA) is 43.9 Å². The molecule has 0 atom stereocenters. The summed E-state index contributed by atoms with van der Waals surface area (Å²) in [5.41, 5.74) is 3.23. The number of benzene rings is 2. The van der Waals surface area contributed by atoms with Crippen LogP contribution in [0.25, 0.3) is 0 Å². The van der Waals surface area contributed by atoms with E-state index in [1.54, 1.807) is 0 Å². The number of hydrogen-bond donors (Lipinski definition) is 0. The molecule has 0 bridgehead atoms. The van der Waals surface area contributed by atoms with Crippen molar-refractivity contribution in [2.45, 2.75) is 90.6 Å². The van der Waals surface area contributed by atoms with Gasteiger partial charge in [0.2, 0.25) is 11.8 Å². The van der Waals surface area contributed by atoms with Crippen LogP contribution in [0.3, 0.4) is 0 Å². The molecule has 2 aliphatic rings. The fourth-order valence-electron chi connectivity index (χ4n) is 6.09. The fraction of sp³-hybridized carbons (Fsp3) is 0.576. The molecule has 0 saturated heterocycles. The van der Waals surface area contributed by atoms with Crippen molar-refractivity contribution in [3.05, 3.63) is 65.7 Å². The molecule has 1 heterocycles. The molecule has 2 amide bonds. The molecule has 1 saturated carbocycles. The molecule has 5 nitrogen and oxygen atoms in total. The molecule has 206 valence electrons. The van der Waals surface area contributed by atoms with Crippen LogP contribution in [-0.2, 0) is 22.6 Å². The van der Waals surface area contributed by atoms with Crippen molar-refractivity contribution in [3.63, 3.8) is 0 Å². The second-order valence-corrected chi connectivity index (χ2v) is 11.5. The van der Waals surface area contributed by atoms with Gasteiger partial charge < -0.3 is 9.80 Å². The Morgan fingerprint density at radius 2 is 1.53 bits per heavy atom. The van der Waals surface area contributed by atoms with Crippen molar-refractivity contribution in [2.24, 2.45) is 5.92 Å². The van der Waals surface area contributed by atoms with Crippen LogP contribution in [0.1, 0.15) is 82.8 Å². The molecule has 38 heavy (non-hydrogen) atoms. The number of carbonyl (C=O) groups excluding carboxylic acids is 2. The van der Waals surface area contributed by atoms with E-state index in [-0.39, 0.29) is 11.8 Å². The van der Waals surface area contributed by atoms with Gasteiger partial charge in [-0.25, -0.2) is 0 Å². The second-order valence-electron chi connectivity index (χ2n) is 11.5. The molecule has 4 rings (SSSR count). The van der Waals surface area contributed by atoms with Gasteiger partial charge in [-0.2, -0.15) is 0 Å². The van der Waals surface area contributed by atoms with Crippen molar-refractivity contribution in [1.82, 2.24) is 9.80 Å². The quantitative estimate of drug-likeness (QED) is 0.424. The standard InChI is InChI=1S/C33H47N3O2/c1-27(2)34-22-11-23-36(33(38)21-19-29-14-7-4-8-15-29)31-17-10-9-16-30(31)26-35(25-24-34)32(37)20-18-28-12-5-3-6-13-28/h4,7-10,14-17,27-28H,3,5-6,11-13,18-26H2,1-2H3. The van der Waals surface area contributed by atoms with E-state index in [1.165, 1.54) is 37.7 Å². The summed E-state index contributed by atoms with van der Waals surface area (Å²) in [6.07, 6.45) is 10.3. The van der Waals surface area contributed by atoms with E-state index in [0.29, 0.717) is 37.9 Å². The first-order valence-electron chi connectivity index (χ1n) is 15.0. The number of carbonyl (C=O) groups is 2. The number of aryl methyl sites for hydroxylation is 1. The van der Waals surface area contributed by atoms with Crippen molar-refractivity contribution >= 4 is 17.5 Å². The van der Waals surface area contributed by atoms with Crippen LogP contribution >= 0.6 is 0 Å². The van der Waals surface area contributed by atoms with Crippen LogP contribution in [-0.4, -0.2) is 53.8 Å². The molecule has 0 spiro atoms. The second kappa shape index (κ2) is 14.5. The Morgan fingerprint density at radius 3 is 2.29 bits per heavy atom. The zero-order chi connectivity index (χ0) is 26.7. The molecule has 0 aromatic heterocycles. The molecule has 0 N–H and O–H groups in total. The maximum Gasteiger partial charge on any atom is 0.227 e. The van der Waals surface area contributed by atoms with Crippen molar-refractivity contribution in [1.29, 1.82) is 0 Å². The first-order chi connectivity index (χ1) is 18.5. The van der Waals surface area contributed by atoms with Gasteiger partial charge in [0.1, 0.15) is 0 Å². The summed E-state index contributed by atoms with van der Waals surface area (Å²) in [5, 5.41) is 0. The lowest BCUT2D eigenvalue weighted by Gasteiger charge is -2.30. The van der Waals surface area contributed by atoms with Gasteiger partial charge in [0.15, 0.2) is 0 Å². The molecule has 1 fully saturated rings. The van der Waals surface area contributed by atoms with Gasteiger partial charge in [-0.3, -0.25) is 14.5 Å². The third kappa shape index (κ3) is 8.17. The van der Waals surface area contributed by atoms with E-state index in [1.807, 2.05) is 35.2 Å². The molecule has 0 unspecified atom stereocenters. The number of hydrogen-bond acceptors (Lipinski definition) is 3. The molecule has 1 aliphatic heterocycles. The minimum absolute atomic E-state index is 0.159. The number of para-hydroxylation sites is 1. The van der Waals surface area contributed by atoms with Crippen molar-refractivity contribution in [2.75, 3.05) is 31.1 Å².